The zero-order valence-corrected chi connectivity index (χ0v) is 7.75. The normalized spacial score (nSPS) is 20.7. The number of nitrogens with zero attached hydrogens (tertiary/aromatic N) is 3. The van der Waals surface area contributed by atoms with Gasteiger partial charge in [-0.1, -0.05) is 5.11 Å². The summed E-state index contributed by atoms with van der Waals surface area (Å²) in [5.41, 5.74) is 7.79. The molecule has 0 amide bonds. The molecule has 0 spiro atoms. The maximum atomic E-state index is 10.8. The number of carboxylic acid groups (broad SMARTS) is 2. The monoisotopic (exact) mass is 211 g/mol. The Bertz CT molecular complexity index is 381. The Hall–Kier alpha value is -2.01. The smallest absolute Gasteiger partial charge is 0.332 e. The van der Waals surface area contributed by atoms with Gasteiger partial charge in [-0.15, -0.1) is 0 Å². The van der Waals surface area contributed by atoms with Gasteiger partial charge in [-0.2, -0.15) is 0 Å². The predicted octanol–water partition coefficient (Wildman–Crippen LogP) is 1.31. The van der Waals surface area contributed by atoms with Crippen molar-refractivity contribution in [1.29, 1.82) is 0 Å². The Labute approximate surface area is 84.6 Å². The first-order valence-corrected chi connectivity index (χ1v) is 4.31. The van der Waals surface area contributed by atoms with Crippen molar-refractivity contribution in [1.82, 2.24) is 0 Å². The summed E-state index contributed by atoms with van der Waals surface area (Å²) in [6.07, 6.45) is 1.10. The summed E-state index contributed by atoms with van der Waals surface area (Å²) < 4.78 is 0. The summed E-state index contributed by atoms with van der Waals surface area (Å²) in [6.45, 7) is 0. The molecule has 0 bridgehead atoms. The lowest BCUT2D eigenvalue weighted by Gasteiger charge is -2.20. The van der Waals surface area contributed by atoms with Crippen LogP contribution in [0.25, 0.3) is 10.4 Å². The molecule has 2 N–H and O–H groups in total. The highest BCUT2D eigenvalue weighted by atomic mass is 16.4. The standard InChI is InChI=1S/C8H9N3O4/c9-11-10-5-3-1-2-4(7(12)13)6(5)8(14)15/h5H,1-3H2,(H,12,13)(H,14,15). The van der Waals surface area contributed by atoms with E-state index in [9.17, 15) is 9.59 Å². The Morgan fingerprint density at radius 2 is 2.07 bits per heavy atom. The van der Waals surface area contributed by atoms with Gasteiger partial charge in [0.2, 0.25) is 0 Å². The number of rotatable bonds is 3. The number of hydrogen-bond donors (Lipinski definition) is 2. The van der Waals surface area contributed by atoms with Gasteiger partial charge in [0.25, 0.3) is 0 Å². The molecule has 1 rings (SSSR count). The maximum absolute atomic E-state index is 10.8. The molecule has 0 saturated carbocycles. The highest BCUT2D eigenvalue weighted by molar-refractivity contribution is 6.00. The first-order valence-electron chi connectivity index (χ1n) is 4.31. The van der Waals surface area contributed by atoms with Gasteiger partial charge in [0.15, 0.2) is 0 Å². The highest BCUT2D eigenvalue weighted by Crippen LogP contribution is 2.28. The maximum Gasteiger partial charge on any atom is 0.332 e. The van der Waals surface area contributed by atoms with Crippen LogP contribution in [0.5, 0.6) is 0 Å². The van der Waals surface area contributed by atoms with Crippen LogP contribution in [0.4, 0.5) is 0 Å². The van der Waals surface area contributed by atoms with Crippen LogP contribution in [0, 0.1) is 0 Å². The van der Waals surface area contributed by atoms with Crippen LogP contribution >= 0.6 is 0 Å². The molecule has 0 radical (unpaired) electrons. The predicted molar refractivity (Wildman–Crippen MR) is 49.1 cm³/mol. The lowest BCUT2D eigenvalue weighted by molar-refractivity contribution is -0.136. The van der Waals surface area contributed by atoms with Gasteiger partial charge >= 0.3 is 11.9 Å². The van der Waals surface area contributed by atoms with Crippen LogP contribution in [0.3, 0.4) is 0 Å². The molecule has 0 heterocycles. The summed E-state index contributed by atoms with van der Waals surface area (Å²) >= 11 is 0. The third kappa shape index (κ3) is 2.26. The van der Waals surface area contributed by atoms with Crippen molar-refractivity contribution in [2.24, 2.45) is 5.11 Å². The molecule has 0 fully saturated rings. The van der Waals surface area contributed by atoms with E-state index in [4.69, 9.17) is 15.7 Å². The second kappa shape index (κ2) is 4.47. The molecule has 80 valence electrons. The van der Waals surface area contributed by atoms with E-state index in [1.54, 1.807) is 0 Å². The van der Waals surface area contributed by atoms with Crippen LogP contribution in [-0.4, -0.2) is 28.2 Å². The molecular formula is C8H9N3O4. The van der Waals surface area contributed by atoms with Crippen molar-refractivity contribution >= 4 is 11.9 Å². The molecule has 7 heteroatoms. The summed E-state index contributed by atoms with van der Waals surface area (Å²) in [6, 6.07) is -0.868. The Morgan fingerprint density at radius 1 is 1.40 bits per heavy atom. The van der Waals surface area contributed by atoms with E-state index in [-0.39, 0.29) is 17.6 Å². The van der Waals surface area contributed by atoms with Gasteiger partial charge in [-0.3, -0.25) is 0 Å². The number of carbonyl (C=O) groups is 2. The van der Waals surface area contributed by atoms with Crippen molar-refractivity contribution in [3.63, 3.8) is 0 Å². The summed E-state index contributed by atoms with van der Waals surface area (Å²) in [4.78, 5) is 24.1. The first kappa shape index (κ1) is 11.1. The molecule has 1 aliphatic rings. The molecule has 1 unspecified atom stereocenters. The van der Waals surface area contributed by atoms with Crippen LogP contribution in [0.2, 0.25) is 0 Å². The molecule has 7 nitrogen and oxygen atoms in total. The lowest BCUT2D eigenvalue weighted by Crippen LogP contribution is -2.25. The fourth-order valence-electron chi connectivity index (χ4n) is 1.62. The van der Waals surface area contributed by atoms with Crippen molar-refractivity contribution < 1.29 is 19.8 Å². The van der Waals surface area contributed by atoms with Gasteiger partial charge in [0, 0.05) is 10.5 Å². The van der Waals surface area contributed by atoms with E-state index in [1.807, 2.05) is 0 Å². The SMILES string of the molecule is [N-]=[N+]=NC1CCCC(C(=O)O)=C1C(=O)O. The van der Waals surface area contributed by atoms with Gasteiger partial charge in [0.05, 0.1) is 11.6 Å². The van der Waals surface area contributed by atoms with Gasteiger partial charge in [-0.05, 0) is 24.8 Å². The number of aliphatic carboxylic acids is 2. The number of hydrogen-bond acceptors (Lipinski definition) is 3. The molecule has 0 aromatic carbocycles. The zero-order chi connectivity index (χ0) is 11.4. The minimum atomic E-state index is -1.33. The third-order valence-electron chi connectivity index (χ3n) is 2.24. The van der Waals surface area contributed by atoms with E-state index < -0.39 is 18.0 Å². The summed E-state index contributed by atoms with van der Waals surface area (Å²) in [7, 11) is 0. The van der Waals surface area contributed by atoms with Crippen LogP contribution < -0.4 is 0 Å². The highest BCUT2D eigenvalue weighted by Gasteiger charge is 2.30. The molecule has 0 saturated heterocycles. The fourth-order valence-corrected chi connectivity index (χ4v) is 1.62. The largest absolute Gasteiger partial charge is 0.478 e. The van der Waals surface area contributed by atoms with E-state index in [1.165, 1.54) is 0 Å². The van der Waals surface area contributed by atoms with Crippen LogP contribution in [0.1, 0.15) is 19.3 Å². The van der Waals surface area contributed by atoms with E-state index in [0.29, 0.717) is 12.8 Å². The zero-order valence-electron chi connectivity index (χ0n) is 7.75. The molecule has 0 aliphatic heterocycles. The summed E-state index contributed by atoms with van der Waals surface area (Å²) in [5.74, 6) is -2.59. The molecule has 0 aromatic rings. The minimum absolute atomic E-state index is 0.161. The van der Waals surface area contributed by atoms with Crippen molar-refractivity contribution in [3.05, 3.63) is 21.6 Å². The second-order valence-electron chi connectivity index (χ2n) is 3.12. The number of carboxylic acids is 2. The topological polar surface area (TPSA) is 123 Å². The molecular weight excluding hydrogens is 202 g/mol. The van der Waals surface area contributed by atoms with E-state index >= 15 is 0 Å². The van der Waals surface area contributed by atoms with Crippen molar-refractivity contribution in [3.8, 4) is 0 Å². The van der Waals surface area contributed by atoms with Crippen LogP contribution in [-0.2, 0) is 9.59 Å². The Balaban J connectivity index is 3.22. The van der Waals surface area contributed by atoms with Gasteiger partial charge in [-0.25, -0.2) is 9.59 Å². The summed E-state index contributed by atoms with van der Waals surface area (Å²) in [5, 5.41) is 20.9. The first-order chi connectivity index (χ1) is 7.07. The van der Waals surface area contributed by atoms with E-state index in [2.05, 4.69) is 10.0 Å². The van der Waals surface area contributed by atoms with Gasteiger partial charge in [0.1, 0.15) is 0 Å². The van der Waals surface area contributed by atoms with Crippen LogP contribution in [0.15, 0.2) is 16.3 Å². The average molecular weight is 211 g/mol. The Morgan fingerprint density at radius 3 is 2.53 bits per heavy atom. The molecule has 15 heavy (non-hydrogen) atoms. The Kier molecular flexibility index (Phi) is 3.30. The van der Waals surface area contributed by atoms with Crippen molar-refractivity contribution in [2.75, 3.05) is 0 Å². The minimum Gasteiger partial charge on any atom is -0.478 e. The number of azide groups is 1. The fraction of sp³-hybridized carbons (Fsp3) is 0.500. The lowest BCUT2D eigenvalue weighted by atomic mass is 9.88. The van der Waals surface area contributed by atoms with Gasteiger partial charge < -0.3 is 10.2 Å². The molecule has 1 atom stereocenters. The van der Waals surface area contributed by atoms with E-state index in [0.717, 1.165) is 0 Å². The molecule has 1 aliphatic carbocycles. The molecule has 0 aromatic heterocycles. The van der Waals surface area contributed by atoms with Crippen molar-refractivity contribution in [2.45, 2.75) is 25.3 Å². The third-order valence-corrected chi connectivity index (χ3v) is 2.24. The second-order valence-corrected chi connectivity index (χ2v) is 3.12. The quantitative estimate of drug-likeness (QED) is 0.415. The average Bonchev–Trinajstić information content (AvgIpc) is 2.17.